The second-order valence-corrected chi connectivity index (χ2v) is 12.7. The number of rotatable bonds is 7. The zero-order valence-corrected chi connectivity index (χ0v) is 27.5. The molecule has 0 saturated heterocycles. The molecule has 0 aliphatic rings. The van der Waals surface area contributed by atoms with E-state index in [0.717, 1.165) is 56.3 Å². The first-order valence-corrected chi connectivity index (χ1v) is 14.3. The number of hydrogen-bond donors (Lipinski definition) is 0. The van der Waals surface area contributed by atoms with Crippen LogP contribution in [0.15, 0.2) is 52.4 Å². The van der Waals surface area contributed by atoms with E-state index in [0.29, 0.717) is 17.0 Å². The van der Waals surface area contributed by atoms with Crippen LogP contribution in [0.3, 0.4) is 0 Å². The van der Waals surface area contributed by atoms with Crippen molar-refractivity contribution in [3.63, 3.8) is 0 Å². The average molecular weight is 574 g/mol. The van der Waals surface area contributed by atoms with Gasteiger partial charge in [0.25, 0.3) is 0 Å². The van der Waals surface area contributed by atoms with Crippen molar-refractivity contribution in [1.82, 2.24) is 4.98 Å². The van der Waals surface area contributed by atoms with Gasteiger partial charge in [0.15, 0.2) is 0 Å². The number of pyridine rings is 1. The predicted molar refractivity (Wildman–Crippen MR) is 162 cm³/mol. The van der Waals surface area contributed by atoms with Gasteiger partial charge in [0.2, 0.25) is 0 Å². The summed E-state index contributed by atoms with van der Waals surface area (Å²) in [6.45, 7) is 17.4. The molecule has 0 spiro atoms. The normalized spacial score (nSPS) is 13.2. The van der Waals surface area contributed by atoms with Crippen molar-refractivity contribution >= 4 is 45.1 Å². The monoisotopic (exact) mass is 573 g/mol. The van der Waals surface area contributed by atoms with Gasteiger partial charge in [0.05, 0.1) is 16.4 Å². The molecular formula is C31H40ClFeN3Si. The van der Waals surface area contributed by atoms with Gasteiger partial charge in [0.1, 0.15) is 0 Å². The summed E-state index contributed by atoms with van der Waals surface area (Å²) in [5.74, 6) is 0. The summed E-state index contributed by atoms with van der Waals surface area (Å²) < 4.78 is 0. The van der Waals surface area contributed by atoms with Crippen molar-refractivity contribution in [2.45, 2.75) is 73.8 Å². The van der Waals surface area contributed by atoms with Crippen molar-refractivity contribution in [2.75, 3.05) is 0 Å². The first kappa shape index (κ1) is 31.2. The maximum atomic E-state index is 6.64. The Hall–Kier alpha value is -2.04. The molecule has 0 radical (unpaired) electrons. The van der Waals surface area contributed by atoms with Crippen molar-refractivity contribution < 1.29 is 17.1 Å². The van der Waals surface area contributed by atoms with Gasteiger partial charge in [-0.3, -0.25) is 15.0 Å². The van der Waals surface area contributed by atoms with Crippen molar-refractivity contribution in [3.05, 3.63) is 86.7 Å². The minimum atomic E-state index is 0. The standard InChI is InChI=1S/C31H40ClN3Si.Fe/c1-19-14-21(3)28(22(4)15-19)33-13-12-24-10-9-11-25(34-24)18-27(30(36)31(6,7)8)35-29-23(5)16-20(2)17-26(29)32;/h9-11,13-17,30H,12,18H2,1-8,36H3;/b33-13+,35-27+;. The summed E-state index contributed by atoms with van der Waals surface area (Å²) in [5, 5.41) is 0.715. The largest absolute Gasteiger partial charge is 0.260 e. The summed E-state index contributed by atoms with van der Waals surface area (Å²) >= 11 is 6.64. The molecule has 6 heteroatoms. The third-order valence-corrected chi connectivity index (χ3v) is 9.52. The molecule has 37 heavy (non-hydrogen) atoms. The van der Waals surface area contributed by atoms with Crippen LogP contribution in [-0.2, 0) is 29.9 Å². The Balaban J connectivity index is 0.00000481. The molecular weight excluding hydrogens is 534 g/mol. The molecule has 0 N–H and O–H groups in total. The Kier molecular flexibility index (Phi) is 11.1. The molecule has 198 valence electrons. The number of aromatic nitrogens is 1. The Bertz CT molecular complexity index is 1260. The minimum Gasteiger partial charge on any atom is -0.260 e. The molecule has 3 rings (SSSR count). The summed E-state index contributed by atoms with van der Waals surface area (Å²) in [5.41, 5.74) is 11.6. The van der Waals surface area contributed by atoms with Gasteiger partial charge in [-0.15, -0.1) is 0 Å². The van der Waals surface area contributed by atoms with Gasteiger partial charge < -0.3 is 0 Å². The van der Waals surface area contributed by atoms with Gasteiger partial charge in [0, 0.05) is 63.5 Å². The van der Waals surface area contributed by atoms with Crippen LogP contribution in [0.25, 0.3) is 0 Å². The van der Waals surface area contributed by atoms with Gasteiger partial charge in [-0.25, -0.2) is 0 Å². The molecule has 3 nitrogen and oxygen atoms in total. The van der Waals surface area contributed by atoms with E-state index in [-0.39, 0.29) is 22.5 Å². The topological polar surface area (TPSA) is 37.6 Å². The fraction of sp³-hybridized carbons (Fsp3) is 0.387. The SMILES string of the molecule is Cc1cc(C)c(/N=C/Cc2cccc(C/C(=N\c3c(C)cc(C)cc3Cl)C([SiH3])C(C)(C)C)n2)c(C)c1.[Fe]. The Morgan fingerprint density at radius 1 is 0.919 bits per heavy atom. The molecule has 1 heterocycles. The van der Waals surface area contributed by atoms with Gasteiger partial charge in [-0.05, 0) is 86.0 Å². The van der Waals surface area contributed by atoms with Crippen LogP contribution in [0.4, 0.5) is 11.4 Å². The van der Waals surface area contributed by atoms with E-state index in [1.54, 1.807) is 0 Å². The maximum absolute atomic E-state index is 6.64. The molecule has 3 aromatic rings. The summed E-state index contributed by atoms with van der Waals surface area (Å²) in [6, 6.07) is 14.8. The number of benzene rings is 2. The molecule has 0 fully saturated rings. The van der Waals surface area contributed by atoms with E-state index in [9.17, 15) is 0 Å². The van der Waals surface area contributed by atoms with Gasteiger partial charge >= 0.3 is 0 Å². The molecule has 1 atom stereocenters. The number of aryl methyl sites for hydroxylation is 5. The molecule has 0 bridgehead atoms. The molecule has 1 aromatic heterocycles. The first-order valence-electron chi connectivity index (χ1n) is 12.7. The van der Waals surface area contributed by atoms with Crippen LogP contribution < -0.4 is 0 Å². The van der Waals surface area contributed by atoms with Crippen LogP contribution in [0.2, 0.25) is 10.6 Å². The Labute approximate surface area is 242 Å². The fourth-order valence-electron chi connectivity index (χ4n) is 4.52. The van der Waals surface area contributed by atoms with Crippen molar-refractivity contribution in [3.8, 4) is 0 Å². The average Bonchev–Trinajstić information content (AvgIpc) is 2.76. The van der Waals surface area contributed by atoms with Crippen LogP contribution >= 0.6 is 11.6 Å². The summed E-state index contributed by atoms with van der Waals surface area (Å²) in [6.07, 6.45) is 3.39. The number of aliphatic imine (C=N–C) groups is 2. The van der Waals surface area contributed by atoms with Crippen LogP contribution in [0.1, 0.15) is 60.0 Å². The molecule has 0 amide bonds. The third kappa shape index (κ3) is 8.48. The number of halogens is 1. The van der Waals surface area contributed by atoms with E-state index in [4.69, 9.17) is 26.6 Å². The van der Waals surface area contributed by atoms with E-state index in [1.165, 1.54) is 16.7 Å². The zero-order chi connectivity index (χ0) is 26.6. The molecule has 0 aliphatic heterocycles. The maximum Gasteiger partial charge on any atom is 0.0844 e. The van der Waals surface area contributed by atoms with E-state index < -0.39 is 0 Å². The molecule has 0 saturated carbocycles. The van der Waals surface area contributed by atoms with Crippen molar-refractivity contribution in [2.24, 2.45) is 15.4 Å². The molecule has 2 aromatic carbocycles. The van der Waals surface area contributed by atoms with Crippen LogP contribution in [0.5, 0.6) is 0 Å². The second-order valence-electron chi connectivity index (χ2n) is 11.2. The predicted octanol–water partition coefficient (Wildman–Crippen LogP) is 7.73. The molecule has 0 aliphatic carbocycles. The number of nitrogens with zero attached hydrogens (tertiary/aromatic N) is 3. The minimum absolute atomic E-state index is 0. The van der Waals surface area contributed by atoms with Gasteiger partial charge in [-0.2, -0.15) is 0 Å². The quantitative estimate of drug-likeness (QED) is 0.210. The van der Waals surface area contributed by atoms with Crippen LogP contribution in [-0.4, -0.2) is 27.2 Å². The van der Waals surface area contributed by atoms with E-state index in [2.05, 4.69) is 91.8 Å². The summed E-state index contributed by atoms with van der Waals surface area (Å²) in [4.78, 5) is 14.9. The smallest absolute Gasteiger partial charge is 0.0844 e. The zero-order valence-electron chi connectivity index (χ0n) is 23.7. The van der Waals surface area contributed by atoms with E-state index in [1.807, 2.05) is 12.3 Å². The Morgan fingerprint density at radius 3 is 2.03 bits per heavy atom. The number of hydrogen-bond acceptors (Lipinski definition) is 3. The molecule has 1 unspecified atom stereocenters. The van der Waals surface area contributed by atoms with Crippen LogP contribution in [0, 0.1) is 40.0 Å². The third-order valence-electron chi connectivity index (χ3n) is 6.84. The fourth-order valence-corrected chi connectivity index (χ4v) is 5.21. The van der Waals surface area contributed by atoms with Crippen molar-refractivity contribution in [1.29, 1.82) is 0 Å². The van der Waals surface area contributed by atoms with E-state index >= 15 is 0 Å². The Morgan fingerprint density at radius 2 is 1.46 bits per heavy atom. The summed E-state index contributed by atoms with van der Waals surface area (Å²) in [7, 11) is 1.01. The second kappa shape index (κ2) is 13.2. The van der Waals surface area contributed by atoms with Gasteiger partial charge in [-0.1, -0.05) is 62.2 Å². The first-order chi connectivity index (χ1) is 16.8.